The second-order valence-corrected chi connectivity index (χ2v) is 5.16. The van der Waals surface area contributed by atoms with Crippen molar-refractivity contribution >= 4 is 17.3 Å². The maximum atomic E-state index is 12.5. The zero-order valence-corrected chi connectivity index (χ0v) is 12.1. The number of halogens is 3. The molecule has 0 fully saturated rings. The summed E-state index contributed by atoms with van der Waals surface area (Å²) in [6.45, 7) is 5.87. The Kier molecular flexibility index (Phi) is 5.60. The van der Waals surface area contributed by atoms with Gasteiger partial charge in [-0.2, -0.15) is 13.2 Å². The lowest BCUT2D eigenvalue weighted by Crippen LogP contribution is -2.29. The van der Waals surface area contributed by atoms with Crippen molar-refractivity contribution in [3.8, 4) is 0 Å². The van der Waals surface area contributed by atoms with Crippen LogP contribution in [0.5, 0.6) is 0 Å². The van der Waals surface area contributed by atoms with E-state index < -0.39 is 23.8 Å². The van der Waals surface area contributed by atoms with Crippen molar-refractivity contribution in [1.29, 1.82) is 0 Å². The molecule has 7 heteroatoms. The molecule has 1 aromatic carbocycles. The van der Waals surface area contributed by atoms with E-state index in [1.807, 2.05) is 13.8 Å². The molecule has 0 aliphatic rings. The predicted octanol–water partition coefficient (Wildman–Crippen LogP) is 3.29. The van der Waals surface area contributed by atoms with Crippen molar-refractivity contribution in [2.45, 2.75) is 33.1 Å². The lowest BCUT2D eigenvalue weighted by Gasteiger charge is -2.16. The summed E-state index contributed by atoms with van der Waals surface area (Å²) in [5.41, 5.74) is 4.66. The highest BCUT2D eigenvalue weighted by Gasteiger charge is 2.31. The van der Waals surface area contributed by atoms with Crippen LogP contribution in [0.25, 0.3) is 0 Å². The van der Waals surface area contributed by atoms with Gasteiger partial charge < -0.3 is 15.8 Å². The summed E-state index contributed by atoms with van der Waals surface area (Å²) in [6, 6.07) is 2.78. The van der Waals surface area contributed by atoms with Gasteiger partial charge in [0.25, 0.3) is 5.91 Å². The van der Waals surface area contributed by atoms with Crippen LogP contribution in [0.15, 0.2) is 18.2 Å². The maximum absolute atomic E-state index is 12.5. The molecule has 1 unspecified atom stereocenters. The topological polar surface area (TPSA) is 64.3 Å². The second kappa shape index (κ2) is 6.80. The van der Waals surface area contributed by atoms with Crippen LogP contribution in [0.1, 0.15) is 26.3 Å². The lowest BCUT2D eigenvalue weighted by atomic mass is 10.1. The number of anilines is 2. The average Bonchev–Trinajstić information content (AvgIpc) is 2.36. The molecule has 0 saturated heterocycles. The molecule has 0 aliphatic heterocycles. The quantitative estimate of drug-likeness (QED) is 0.820. The number of hydrogen-bond acceptors (Lipinski definition) is 3. The number of nitrogen functional groups attached to an aromatic ring is 1. The maximum Gasteiger partial charge on any atom is 0.416 e. The third kappa shape index (κ3) is 5.26. The first-order valence-corrected chi connectivity index (χ1v) is 6.50. The zero-order chi connectivity index (χ0) is 16.2. The molecule has 0 aliphatic carbocycles. The van der Waals surface area contributed by atoms with Crippen molar-refractivity contribution in [2.24, 2.45) is 5.92 Å². The van der Waals surface area contributed by atoms with Gasteiger partial charge in [-0.25, -0.2) is 0 Å². The van der Waals surface area contributed by atoms with E-state index in [1.54, 1.807) is 6.92 Å². The molecule has 0 bridgehead atoms. The standard InChI is InChI=1S/C14H19F3N2O2/c1-8(2)7-21-9(3)13(20)19-12-5-4-10(6-11(12)18)14(15,16)17/h4-6,8-9H,7,18H2,1-3H3,(H,19,20). The van der Waals surface area contributed by atoms with Crippen LogP contribution in [0.4, 0.5) is 24.5 Å². The number of amides is 1. The molecule has 0 radical (unpaired) electrons. The Morgan fingerprint density at radius 2 is 1.95 bits per heavy atom. The number of carbonyl (C=O) groups excluding carboxylic acids is 1. The highest BCUT2D eigenvalue weighted by atomic mass is 19.4. The normalized spacial score (nSPS) is 13.3. The SMILES string of the molecule is CC(C)COC(C)C(=O)Nc1ccc(C(F)(F)F)cc1N. The summed E-state index contributed by atoms with van der Waals surface area (Å²) >= 11 is 0. The van der Waals surface area contributed by atoms with Crippen molar-refractivity contribution < 1.29 is 22.7 Å². The van der Waals surface area contributed by atoms with Crippen LogP contribution in [0.2, 0.25) is 0 Å². The van der Waals surface area contributed by atoms with Crippen LogP contribution in [0.3, 0.4) is 0 Å². The van der Waals surface area contributed by atoms with E-state index in [2.05, 4.69) is 5.32 Å². The Morgan fingerprint density at radius 3 is 2.43 bits per heavy atom. The van der Waals surface area contributed by atoms with Gasteiger partial charge in [0.2, 0.25) is 0 Å². The fourth-order valence-electron chi connectivity index (χ4n) is 1.50. The molecule has 4 nitrogen and oxygen atoms in total. The van der Waals surface area contributed by atoms with Gasteiger partial charge in [-0.05, 0) is 31.0 Å². The average molecular weight is 304 g/mol. The number of benzene rings is 1. The summed E-state index contributed by atoms with van der Waals surface area (Å²) in [4.78, 5) is 11.8. The largest absolute Gasteiger partial charge is 0.416 e. The van der Waals surface area contributed by atoms with Crippen LogP contribution < -0.4 is 11.1 Å². The molecule has 0 aromatic heterocycles. The first kappa shape index (κ1) is 17.3. The second-order valence-electron chi connectivity index (χ2n) is 5.16. The first-order valence-electron chi connectivity index (χ1n) is 6.50. The van der Waals surface area contributed by atoms with Crippen LogP contribution >= 0.6 is 0 Å². The van der Waals surface area contributed by atoms with Crippen molar-refractivity contribution in [1.82, 2.24) is 0 Å². The van der Waals surface area contributed by atoms with E-state index in [1.165, 1.54) is 0 Å². The lowest BCUT2D eigenvalue weighted by molar-refractivity contribution is -0.137. The van der Waals surface area contributed by atoms with Gasteiger partial charge in [-0.3, -0.25) is 4.79 Å². The fraction of sp³-hybridized carbons (Fsp3) is 0.500. The number of nitrogens with two attached hydrogens (primary N) is 1. The van der Waals surface area contributed by atoms with Gasteiger partial charge in [0.05, 0.1) is 16.9 Å². The molecule has 0 spiro atoms. The Balaban J connectivity index is 2.73. The van der Waals surface area contributed by atoms with E-state index in [0.29, 0.717) is 6.61 Å². The molecule has 21 heavy (non-hydrogen) atoms. The summed E-state index contributed by atoms with van der Waals surface area (Å²) in [5.74, 6) is -0.182. The van der Waals surface area contributed by atoms with E-state index in [-0.39, 0.29) is 17.3 Å². The number of alkyl halides is 3. The Labute approximate surface area is 121 Å². The summed E-state index contributed by atoms with van der Waals surface area (Å²) < 4.78 is 42.8. The highest BCUT2D eigenvalue weighted by Crippen LogP contribution is 2.32. The third-order valence-electron chi connectivity index (χ3n) is 2.69. The first-order chi connectivity index (χ1) is 9.61. The van der Waals surface area contributed by atoms with Gasteiger partial charge in [0, 0.05) is 6.61 Å². The van der Waals surface area contributed by atoms with E-state index >= 15 is 0 Å². The summed E-state index contributed by atoms with van der Waals surface area (Å²) in [7, 11) is 0. The number of carbonyl (C=O) groups is 1. The van der Waals surface area contributed by atoms with Crippen molar-refractivity contribution in [3.63, 3.8) is 0 Å². The Bertz CT molecular complexity index is 501. The molecule has 1 aromatic rings. The summed E-state index contributed by atoms with van der Waals surface area (Å²) in [5, 5.41) is 2.46. The Morgan fingerprint density at radius 1 is 1.33 bits per heavy atom. The molecule has 1 rings (SSSR count). The number of rotatable bonds is 5. The number of ether oxygens (including phenoxy) is 1. The van der Waals surface area contributed by atoms with E-state index in [4.69, 9.17) is 10.5 Å². The molecular formula is C14H19F3N2O2. The highest BCUT2D eigenvalue weighted by molar-refractivity contribution is 5.96. The van der Waals surface area contributed by atoms with Crippen molar-refractivity contribution in [3.05, 3.63) is 23.8 Å². The van der Waals surface area contributed by atoms with Crippen LogP contribution in [0, 0.1) is 5.92 Å². The number of nitrogens with one attached hydrogen (secondary N) is 1. The molecule has 0 heterocycles. The molecule has 1 atom stereocenters. The van der Waals surface area contributed by atoms with E-state index in [9.17, 15) is 18.0 Å². The molecule has 1 amide bonds. The minimum Gasteiger partial charge on any atom is -0.397 e. The molecule has 3 N–H and O–H groups in total. The summed E-state index contributed by atoms with van der Waals surface area (Å²) in [6.07, 6.45) is -5.18. The van der Waals surface area contributed by atoms with Crippen LogP contribution in [-0.4, -0.2) is 18.6 Å². The zero-order valence-electron chi connectivity index (χ0n) is 12.1. The Hall–Kier alpha value is -1.76. The minimum absolute atomic E-state index is 0.132. The monoisotopic (exact) mass is 304 g/mol. The number of hydrogen-bond donors (Lipinski definition) is 2. The van der Waals surface area contributed by atoms with Gasteiger partial charge in [-0.1, -0.05) is 13.8 Å². The minimum atomic E-state index is -4.47. The predicted molar refractivity (Wildman–Crippen MR) is 74.7 cm³/mol. The molecule has 0 saturated carbocycles. The van der Waals surface area contributed by atoms with Crippen LogP contribution in [-0.2, 0) is 15.7 Å². The van der Waals surface area contributed by atoms with Gasteiger partial charge >= 0.3 is 6.18 Å². The van der Waals surface area contributed by atoms with Crippen molar-refractivity contribution in [2.75, 3.05) is 17.7 Å². The van der Waals surface area contributed by atoms with E-state index in [0.717, 1.165) is 18.2 Å². The van der Waals surface area contributed by atoms with Gasteiger partial charge in [0.15, 0.2) is 0 Å². The third-order valence-corrected chi connectivity index (χ3v) is 2.69. The van der Waals surface area contributed by atoms with Gasteiger partial charge in [0.1, 0.15) is 6.10 Å². The fourth-order valence-corrected chi connectivity index (χ4v) is 1.50. The molecular weight excluding hydrogens is 285 g/mol. The van der Waals surface area contributed by atoms with Gasteiger partial charge in [-0.15, -0.1) is 0 Å². The smallest absolute Gasteiger partial charge is 0.397 e. The molecule has 118 valence electrons.